The fourth-order valence-corrected chi connectivity index (χ4v) is 1.77. The average Bonchev–Trinajstić information content (AvgIpc) is 2.60. The third-order valence-corrected chi connectivity index (χ3v) is 2.72. The summed E-state index contributed by atoms with van der Waals surface area (Å²) in [7, 11) is 0. The van der Waals surface area contributed by atoms with Crippen molar-refractivity contribution in [2.75, 3.05) is 13.2 Å². The van der Waals surface area contributed by atoms with Gasteiger partial charge >= 0.3 is 0 Å². The van der Waals surface area contributed by atoms with Crippen molar-refractivity contribution in [1.29, 1.82) is 0 Å². The van der Waals surface area contributed by atoms with Crippen molar-refractivity contribution in [3.63, 3.8) is 0 Å². The summed E-state index contributed by atoms with van der Waals surface area (Å²) in [6, 6.07) is 5.53. The van der Waals surface area contributed by atoms with Crippen LogP contribution in [0.15, 0.2) is 18.2 Å². The molecule has 0 aromatic heterocycles. The molecule has 0 saturated carbocycles. The normalized spacial score (nSPS) is 15.8. The molecule has 0 amide bonds. The number of hydrogen-bond acceptors (Lipinski definition) is 3. The van der Waals surface area contributed by atoms with E-state index in [0.29, 0.717) is 31.8 Å². The summed E-state index contributed by atoms with van der Waals surface area (Å²) in [5, 5.41) is 9.93. The van der Waals surface area contributed by atoms with Crippen LogP contribution in [0.3, 0.4) is 0 Å². The van der Waals surface area contributed by atoms with Crippen molar-refractivity contribution in [3.05, 3.63) is 23.8 Å². The average molecular weight is 232 g/mol. The monoisotopic (exact) mass is 232 g/mol. The van der Waals surface area contributed by atoms with E-state index in [9.17, 15) is 5.11 Å². The fraction of sp³-hybridized carbons (Fsp3) is 0.429. The molecular weight excluding hydrogens is 216 g/mol. The number of rotatable bonds is 3. The molecule has 1 unspecified atom stereocenters. The van der Waals surface area contributed by atoms with E-state index in [1.165, 1.54) is 0 Å². The molecule has 0 aliphatic carbocycles. The Kier molecular flexibility index (Phi) is 3.89. The number of fused-ring (bicyclic) bond motifs is 1. The predicted octanol–water partition coefficient (Wildman–Crippen LogP) is 2.29. The molecule has 90 valence electrons. The first-order valence-corrected chi connectivity index (χ1v) is 5.82. The molecule has 3 nitrogen and oxygen atoms in total. The van der Waals surface area contributed by atoms with E-state index >= 15 is 0 Å². The van der Waals surface area contributed by atoms with Gasteiger partial charge in [-0.3, -0.25) is 0 Å². The van der Waals surface area contributed by atoms with Gasteiger partial charge < -0.3 is 14.6 Å². The van der Waals surface area contributed by atoms with Crippen molar-refractivity contribution in [2.45, 2.75) is 25.4 Å². The zero-order valence-electron chi connectivity index (χ0n) is 9.69. The highest BCUT2D eigenvalue weighted by Gasteiger charge is 2.14. The first-order valence-electron chi connectivity index (χ1n) is 5.82. The second kappa shape index (κ2) is 5.60. The molecule has 3 heteroatoms. The summed E-state index contributed by atoms with van der Waals surface area (Å²) >= 11 is 0. The summed E-state index contributed by atoms with van der Waals surface area (Å²) in [5.74, 6) is 3.98. The van der Waals surface area contributed by atoms with Gasteiger partial charge in [0.2, 0.25) is 0 Å². The predicted molar refractivity (Wildman–Crippen MR) is 65.1 cm³/mol. The smallest absolute Gasteiger partial charge is 0.161 e. The van der Waals surface area contributed by atoms with E-state index in [-0.39, 0.29) is 0 Å². The van der Waals surface area contributed by atoms with E-state index < -0.39 is 6.10 Å². The number of ether oxygens (including phenoxy) is 2. The van der Waals surface area contributed by atoms with Gasteiger partial charge in [0.1, 0.15) is 0 Å². The maximum absolute atomic E-state index is 9.93. The number of terminal acetylenes is 1. The standard InChI is InChI=1S/C14H16O3/c1-2-3-5-12(15)11-6-7-13-14(10-11)17-9-4-8-16-13/h1,6-7,10,12,15H,3-5,8-9H2. The van der Waals surface area contributed by atoms with Crippen LogP contribution in [-0.2, 0) is 0 Å². The molecule has 1 aliphatic rings. The lowest BCUT2D eigenvalue weighted by atomic mass is 10.0. The van der Waals surface area contributed by atoms with Gasteiger partial charge in [-0.1, -0.05) is 6.07 Å². The van der Waals surface area contributed by atoms with Gasteiger partial charge in [-0.15, -0.1) is 12.3 Å². The van der Waals surface area contributed by atoms with Crippen LogP contribution >= 0.6 is 0 Å². The SMILES string of the molecule is C#CCCC(O)c1ccc2c(c1)OCCCO2. The molecule has 1 N–H and O–H groups in total. The largest absolute Gasteiger partial charge is 0.490 e. The first-order chi connectivity index (χ1) is 8.31. The third kappa shape index (κ3) is 2.92. The Balaban J connectivity index is 2.15. The first kappa shape index (κ1) is 11.8. The van der Waals surface area contributed by atoms with Crippen LogP contribution in [0.2, 0.25) is 0 Å². The van der Waals surface area contributed by atoms with E-state index in [1.807, 2.05) is 18.2 Å². The Bertz CT molecular complexity index is 420. The van der Waals surface area contributed by atoms with Gasteiger partial charge in [0.15, 0.2) is 11.5 Å². The maximum Gasteiger partial charge on any atom is 0.161 e. The number of hydrogen-bond donors (Lipinski definition) is 1. The molecule has 0 saturated heterocycles. The molecule has 17 heavy (non-hydrogen) atoms. The molecule has 0 radical (unpaired) electrons. The van der Waals surface area contributed by atoms with Crippen LogP contribution < -0.4 is 9.47 Å². The number of aliphatic hydroxyl groups is 1. The van der Waals surface area contributed by atoms with Crippen LogP contribution in [-0.4, -0.2) is 18.3 Å². The zero-order chi connectivity index (χ0) is 12.1. The zero-order valence-corrected chi connectivity index (χ0v) is 9.69. The molecule has 1 aromatic carbocycles. The minimum Gasteiger partial charge on any atom is -0.490 e. The molecule has 1 aliphatic heterocycles. The van der Waals surface area contributed by atoms with Crippen LogP contribution in [0, 0.1) is 12.3 Å². The second-order valence-electron chi connectivity index (χ2n) is 4.02. The van der Waals surface area contributed by atoms with Crippen molar-refractivity contribution < 1.29 is 14.6 Å². The Hall–Kier alpha value is -1.66. The highest BCUT2D eigenvalue weighted by Crippen LogP contribution is 2.33. The molecule has 0 bridgehead atoms. The minimum absolute atomic E-state index is 0.539. The van der Waals surface area contributed by atoms with E-state index in [4.69, 9.17) is 15.9 Å². The Morgan fingerprint density at radius 1 is 1.29 bits per heavy atom. The van der Waals surface area contributed by atoms with E-state index in [2.05, 4.69) is 5.92 Å². The van der Waals surface area contributed by atoms with Gasteiger partial charge in [0.25, 0.3) is 0 Å². The van der Waals surface area contributed by atoms with E-state index in [0.717, 1.165) is 17.7 Å². The van der Waals surface area contributed by atoms with Crippen LogP contribution in [0.5, 0.6) is 11.5 Å². The molecule has 1 atom stereocenters. The third-order valence-electron chi connectivity index (χ3n) is 2.72. The van der Waals surface area contributed by atoms with Crippen LogP contribution in [0.1, 0.15) is 30.9 Å². The lowest BCUT2D eigenvalue weighted by molar-refractivity contribution is 0.169. The highest BCUT2D eigenvalue weighted by atomic mass is 16.5. The lowest BCUT2D eigenvalue weighted by Gasteiger charge is -2.13. The van der Waals surface area contributed by atoms with Crippen LogP contribution in [0.25, 0.3) is 0 Å². The van der Waals surface area contributed by atoms with Crippen molar-refractivity contribution in [2.24, 2.45) is 0 Å². The lowest BCUT2D eigenvalue weighted by Crippen LogP contribution is -1.99. The summed E-state index contributed by atoms with van der Waals surface area (Å²) in [4.78, 5) is 0. The van der Waals surface area contributed by atoms with Crippen LogP contribution in [0.4, 0.5) is 0 Å². The molecule has 2 rings (SSSR count). The van der Waals surface area contributed by atoms with Gasteiger partial charge in [-0.25, -0.2) is 0 Å². The molecule has 0 spiro atoms. The Labute approximate surface area is 101 Å². The Morgan fingerprint density at radius 3 is 2.82 bits per heavy atom. The molecule has 1 heterocycles. The fourth-order valence-electron chi connectivity index (χ4n) is 1.77. The maximum atomic E-state index is 9.93. The minimum atomic E-state index is -0.539. The molecule has 1 aromatic rings. The Morgan fingerprint density at radius 2 is 2.06 bits per heavy atom. The van der Waals surface area contributed by atoms with Crippen molar-refractivity contribution >= 4 is 0 Å². The number of aliphatic hydroxyl groups excluding tert-OH is 1. The summed E-state index contributed by atoms with van der Waals surface area (Å²) < 4.78 is 11.1. The summed E-state index contributed by atoms with van der Waals surface area (Å²) in [6.07, 6.45) is 6.65. The summed E-state index contributed by atoms with van der Waals surface area (Å²) in [5.41, 5.74) is 0.824. The van der Waals surface area contributed by atoms with E-state index in [1.54, 1.807) is 0 Å². The molecular formula is C14H16O3. The van der Waals surface area contributed by atoms with Gasteiger partial charge in [-0.2, -0.15) is 0 Å². The van der Waals surface area contributed by atoms with Crippen molar-refractivity contribution in [3.8, 4) is 23.8 Å². The second-order valence-corrected chi connectivity index (χ2v) is 4.02. The quantitative estimate of drug-likeness (QED) is 0.813. The van der Waals surface area contributed by atoms with Gasteiger partial charge in [0.05, 0.1) is 19.3 Å². The van der Waals surface area contributed by atoms with Gasteiger partial charge in [0, 0.05) is 12.8 Å². The number of benzene rings is 1. The highest BCUT2D eigenvalue weighted by molar-refractivity contribution is 5.44. The van der Waals surface area contributed by atoms with Gasteiger partial charge in [-0.05, 0) is 24.1 Å². The van der Waals surface area contributed by atoms with Crippen molar-refractivity contribution in [1.82, 2.24) is 0 Å². The molecule has 0 fully saturated rings. The summed E-state index contributed by atoms with van der Waals surface area (Å²) in [6.45, 7) is 1.32. The topological polar surface area (TPSA) is 38.7 Å².